The molecular weight excluding hydrogens is 268 g/mol. The molecule has 0 radical (unpaired) electrons. The summed E-state index contributed by atoms with van der Waals surface area (Å²) in [4.78, 5) is 24.4. The van der Waals surface area contributed by atoms with Gasteiger partial charge >= 0.3 is 5.97 Å². The zero-order chi connectivity index (χ0) is 15.6. The summed E-state index contributed by atoms with van der Waals surface area (Å²) in [7, 11) is 1.79. The molecule has 0 bridgehead atoms. The number of hydrogen-bond donors (Lipinski definition) is 0. The number of amides is 1. The van der Waals surface area contributed by atoms with E-state index >= 15 is 0 Å². The van der Waals surface area contributed by atoms with Gasteiger partial charge in [-0.25, -0.2) is 0 Å². The van der Waals surface area contributed by atoms with E-state index in [4.69, 9.17) is 4.74 Å². The van der Waals surface area contributed by atoms with Gasteiger partial charge in [0.05, 0.1) is 5.52 Å². The average Bonchev–Trinajstić information content (AvgIpc) is 2.81. The number of rotatable bonds is 4. The zero-order valence-corrected chi connectivity index (χ0v) is 12.8. The lowest BCUT2D eigenvalue weighted by molar-refractivity contribution is -0.132. The number of carbonyl (C=O) groups excluding carboxylic acids is 2. The third-order valence-electron chi connectivity index (χ3n) is 3.65. The SMILES string of the molecule is CC(=O)Oc1cccn2ccc(CC(C)N(C)C(C)=O)c12. The van der Waals surface area contributed by atoms with E-state index in [1.54, 1.807) is 24.9 Å². The maximum absolute atomic E-state index is 11.4. The smallest absolute Gasteiger partial charge is 0.308 e. The second-order valence-corrected chi connectivity index (χ2v) is 5.25. The Morgan fingerprint density at radius 3 is 2.62 bits per heavy atom. The Bertz CT molecular complexity index is 675. The molecule has 0 spiro atoms. The van der Waals surface area contributed by atoms with E-state index in [2.05, 4.69) is 0 Å². The fourth-order valence-corrected chi connectivity index (χ4v) is 2.37. The van der Waals surface area contributed by atoms with Crippen molar-refractivity contribution in [3.05, 3.63) is 36.2 Å². The molecule has 2 aromatic rings. The van der Waals surface area contributed by atoms with Crippen LogP contribution in [-0.2, 0) is 16.0 Å². The summed E-state index contributed by atoms with van der Waals surface area (Å²) in [6.07, 6.45) is 4.54. The van der Waals surface area contributed by atoms with Crippen molar-refractivity contribution >= 4 is 17.4 Å². The molecule has 0 aliphatic rings. The number of hydrogen-bond acceptors (Lipinski definition) is 3. The molecule has 2 aromatic heterocycles. The minimum atomic E-state index is -0.343. The van der Waals surface area contributed by atoms with Gasteiger partial charge in [-0.05, 0) is 37.1 Å². The normalized spacial score (nSPS) is 12.2. The minimum Gasteiger partial charge on any atom is -0.424 e. The van der Waals surface area contributed by atoms with Gasteiger partial charge in [0.1, 0.15) is 0 Å². The molecule has 2 heterocycles. The first kappa shape index (κ1) is 15.1. The van der Waals surface area contributed by atoms with E-state index in [9.17, 15) is 9.59 Å². The molecule has 21 heavy (non-hydrogen) atoms. The Morgan fingerprint density at radius 2 is 2.00 bits per heavy atom. The first-order valence-electron chi connectivity index (χ1n) is 6.90. The molecule has 1 amide bonds. The van der Waals surface area contributed by atoms with Crippen LogP contribution in [0.1, 0.15) is 26.3 Å². The highest BCUT2D eigenvalue weighted by molar-refractivity contribution is 5.76. The van der Waals surface area contributed by atoms with Gasteiger partial charge in [-0.1, -0.05) is 0 Å². The number of pyridine rings is 1. The summed E-state index contributed by atoms with van der Waals surface area (Å²) in [6, 6.07) is 5.67. The van der Waals surface area contributed by atoms with Crippen molar-refractivity contribution in [3.8, 4) is 5.75 Å². The number of ether oxygens (including phenoxy) is 1. The van der Waals surface area contributed by atoms with E-state index in [0.29, 0.717) is 12.2 Å². The largest absolute Gasteiger partial charge is 0.424 e. The van der Waals surface area contributed by atoms with E-state index < -0.39 is 0 Å². The summed E-state index contributed by atoms with van der Waals surface area (Å²) in [6.45, 7) is 4.94. The van der Waals surface area contributed by atoms with Crippen molar-refractivity contribution in [2.45, 2.75) is 33.2 Å². The summed E-state index contributed by atoms with van der Waals surface area (Å²) in [5.74, 6) is 0.234. The van der Waals surface area contributed by atoms with E-state index in [1.807, 2.05) is 35.9 Å². The average molecular weight is 288 g/mol. The van der Waals surface area contributed by atoms with Gasteiger partial charge in [0.25, 0.3) is 0 Å². The van der Waals surface area contributed by atoms with Gasteiger partial charge in [0.15, 0.2) is 5.75 Å². The van der Waals surface area contributed by atoms with E-state index in [0.717, 1.165) is 11.1 Å². The van der Waals surface area contributed by atoms with Crippen LogP contribution in [0.15, 0.2) is 30.6 Å². The highest BCUT2D eigenvalue weighted by Crippen LogP contribution is 2.26. The van der Waals surface area contributed by atoms with Crippen LogP contribution in [0, 0.1) is 0 Å². The Balaban J connectivity index is 2.36. The molecule has 0 N–H and O–H groups in total. The van der Waals surface area contributed by atoms with Crippen LogP contribution in [0.3, 0.4) is 0 Å². The highest BCUT2D eigenvalue weighted by atomic mass is 16.5. The van der Waals surface area contributed by atoms with Crippen molar-refractivity contribution in [1.82, 2.24) is 9.30 Å². The summed E-state index contributed by atoms with van der Waals surface area (Å²) < 4.78 is 7.20. The Morgan fingerprint density at radius 1 is 1.29 bits per heavy atom. The van der Waals surface area contributed by atoms with Crippen LogP contribution < -0.4 is 4.74 Å². The predicted molar refractivity (Wildman–Crippen MR) is 80.3 cm³/mol. The summed E-state index contributed by atoms with van der Waals surface area (Å²) >= 11 is 0. The van der Waals surface area contributed by atoms with Gasteiger partial charge in [-0.15, -0.1) is 0 Å². The van der Waals surface area contributed by atoms with Crippen molar-refractivity contribution in [1.29, 1.82) is 0 Å². The van der Waals surface area contributed by atoms with Crippen LogP contribution in [0.5, 0.6) is 5.75 Å². The van der Waals surface area contributed by atoms with Gasteiger partial charge < -0.3 is 14.0 Å². The molecule has 0 aliphatic carbocycles. The number of fused-ring (bicyclic) bond motifs is 1. The molecule has 2 rings (SSSR count). The first-order valence-corrected chi connectivity index (χ1v) is 6.90. The Labute approximate surface area is 124 Å². The van der Waals surface area contributed by atoms with Crippen molar-refractivity contribution in [3.63, 3.8) is 0 Å². The molecule has 0 saturated heterocycles. The second kappa shape index (κ2) is 5.99. The lowest BCUT2D eigenvalue weighted by Crippen LogP contribution is -2.34. The molecule has 0 saturated carbocycles. The number of likely N-dealkylation sites (N-methyl/N-ethyl adjacent to an activating group) is 1. The topological polar surface area (TPSA) is 51.0 Å². The van der Waals surface area contributed by atoms with Gasteiger partial charge in [0, 0.05) is 39.3 Å². The third-order valence-corrected chi connectivity index (χ3v) is 3.65. The molecule has 1 atom stereocenters. The van der Waals surface area contributed by atoms with Crippen molar-refractivity contribution < 1.29 is 14.3 Å². The van der Waals surface area contributed by atoms with Crippen LogP contribution in [0.25, 0.3) is 5.52 Å². The van der Waals surface area contributed by atoms with Crippen LogP contribution in [0.2, 0.25) is 0 Å². The molecule has 1 unspecified atom stereocenters. The number of carbonyl (C=O) groups is 2. The number of aromatic nitrogens is 1. The lowest BCUT2D eigenvalue weighted by atomic mass is 10.1. The molecule has 112 valence electrons. The van der Waals surface area contributed by atoms with E-state index in [-0.39, 0.29) is 17.9 Å². The fourth-order valence-electron chi connectivity index (χ4n) is 2.37. The molecule has 0 aliphatic heterocycles. The highest BCUT2D eigenvalue weighted by Gasteiger charge is 2.16. The zero-order valence-electron chi connectivity index (χ0n) is 12.8. The predicted octanol–water partition coefficient (Wildman–Crippen LogP) is 2.27. The standard InChI is InChI=1S/C16H20N2O3/c1-11(17(4)12(2)19)10-14-7-9-18-8-5-6-15(16(14)18)21-13(3)20/h5-9,11H,10H2,1-4H3. The summed E-state index contributed by atoms with van der Waals surface area (Å²) in [5, 5.41) is 0. The van der Waals surface area contributed by atoms with Gasteiger partial charge in [-0.3, -0.25) is 9.59 Å². The van der Waals surface area contributed by atoms with Crippen molar-refractivity contribution in [2.75, 3.05) is 7.05 Å². The van der Waals surface area contributed by atoms with Crippen molar-refractivity contribution in [2.24, 2.45) is 0 Å². The first-order chi connectivity index (χ1) is 9.90. The monoisotopic (exact) mass is 288 g/mol. The minimum absolute atomic E-state index is 0.0335. The molecule has 0 fully saturated rings. The third kappa shape index (κ3) is 3.24. The molecule has 5 heteroatoms. The van der Waals surface area contributed by atoms with Crippen LogP contribution in [0.4, 0.5) is 0 Å². The number of esters is 1. The Kier molecular flexibility index (Phi) is 4.31. The van der Waals surface area contributed by atoms with Gasteiger partial charge in [-0.2, -0.15) is 0 Å². The molecule has 0 aromatic carbocycles. The summed E-state index contributed by atoms with van der Waals surface area (Å²) in [5.41, 5.74) is 1.92. The van der Waals surface area contributed by atoms with Crippen LogP contribution >= 0.6 is 0 Å². The molecule has 5 nitrogen and oxygen atoms in total. The van der Waals surface area contributed by atoms with E-state index in [1.165, 1.54) is 6.92 Å². The quantitative estimate of drug-likeness (QED) is 0.811. The maximum atomic E-state index is 11.4. The van der Waals surface area contributed by atoms with Gasteiger partial charge in [0.2, 0.25) is 5.91 Å². The van der Waals surface area contributed by atoms with Crippen LogP contribution in [-0.4, -0.2) is 34.3 Å². The fraction of sp³-hybridized carbons (Fsp3) is 0.375. The molecular formula is C16H20N2O3. The second-order valence-electron chi connectivity index (χ2n) is 5.25. The lowest BCUT2D eigenvalue weighted by Gasteiger charge is -2.23. The number of nitrogens with zero attached hydrogens (tertiary/aromatic N) is 2. The Hall–Kier alpha value is -2.30. The maximum Gasteiger partial charge on any atom is 0.308 e.